The quantitative estimate of drug-likeness (QED) is 0.863. The van der Waals surface area contributed by atoms with Crippen LogP contribution in [0.5, 0.6) is 0 Å². The Bertz CT molecular complexity index is 575. The third-order valence-corrected chi connectivity index (χ3v) is 5.17. The van der Waals surface area contributed by atoms with Crippen molar-refractivity contribution in [2.45, 2.75) is 18.9 Å². The van der Waals surface area contributed by atoms with Gasteiger partial charge in [0.2, 0.25) is 0 Å². The van der Waals surface area contributed by atoms with Gasteiger partial charge in [-0.3, -0.25) is 0 Å². The molecule has 19 heavy (non-hydrogen) atoms. The summed E-state index contributed by atoms with van der Waals surface area (Å²) < 4.78 is 48.9. The first-order chi connectivity index (χ1) is 8.80. The van der Waals surface area contributed by atoms with Crippen LogP contribution in [0.4, 0.5) is 20.2 Å². The largest absolute Gasteiger partial charge is 0.399 e. The van der Waals surface area contributed by atoms with Crippen LogP contribution in [0.1, 0.15) is 18.4 Å². The van der Waals surface area contributed by atoms with Crippen LogP contribution < -0.4 is 10.6 Å². The van der Waals surface area contributed by atoms with E-state index in [1.807, 2.05) is 0 Å². The molecule has 0 aliphatic carbocycles. The first-order valence-electron chi connectivity index (χ1n) is 5.91. The molecule has 1 unspecified atom stereocenters. The molecule has 1 aliphatic heterocycles. The van der Waals surface area contributed by atoms with E-state index in [1.54, 1.807) is 18.0 Å². The number of nitrogens with zero attached hydrogens (tertiary/aromatic N) is 1. The number of sulfone groups is 1. The molecular formula is C12H16F2N2O2S. The summed E-state index contributed by atoms with van der Waals surface area (Å²) in [6, 6.07) is 4.04. The van der Waals surface area contributed by atoms with Crippen molar-refractivity contribution >= 4 is 21.2 Å². The smallest absolute Gasteiger partial charge is 0.265 e. The molecule has 0 bridgehead atoms. The Kier molecular flexibility index (Phi) is 3.66. The van der Waals surface area contributed by atoms with E-state index in [0.717, 1.165) is 0 Å². The molecule has 0 radical (unpaired) electrons. The van der Waals surface area contributed by atoms with Gasteiger partial charge < -0.3 is 10.6 Å². The zero-order chi connectivity index (χ0) is 14.2. The fourth-order valence-electron chi connectivity index (χ4n) is 2.35. The lowest BCUT2D eigenvalue weighted by Crippen LogP contribution is -2.33. The Morgan fingerprint density at radius 3 is 2.63 bits per heavy atom. The van der Waals surface area contributed by atoms with Crippen molar-refractivity contribution in [2.24, 2.45) is 0 Å². The van der Waals surface area contributed by atoms with E-state index in [4.69, 9.17) is 5.73 Å². The molecular weight excluding hydrogens is 274 g/mol. The van der Waals surface area contributed by atoms with Crippen LogP contribution in [-0.2, 0) is 9.84 Å². The molecule has 1 heterocycles. The van der Waals surface area contributed by atoms with Gasteiger partial charge in [0.05, 0.1) is 11.5 Å². The van der Waals surface area contributed by atoms with Gasteiger partial charge in [-0.25, -0.2) is 17.2 Å². The third kappa shape index (κ3) is 2.97. The first kappa shape index (κ1) is 14.0. The Balaban J connectivity index is 2.31. The number of halogens is 2. The third-order valence-electron chi connectivity index (χ3n) is 3.42. The summed E-state index contributed by atoms with van der Waals surface area (Å²) in [4.78, 5) is 1.62. The van der Waals surface area contributed by atoms with Gasteiger partial charge in [-0.2, -0.15) is 0 Å². The molecule has 1 aromatic carbocycles. The molecule has 2 N–H and O–H groups in total. The van der Waals surface area contributed by atoms with Crippen LogP contribution in [0, 0.1) is 0 Å². The highest BCUT2D eigenvalue weighted by Crippen LogP contribution is 2.33. The van der Waals surface area contributed by atoms with Gasteiger partial charge in [-0.1, -0.05) is 0 Å². The van der Waals surface area contributed by atoms with Crippen LogP contribution in [0.2, 0.25) is 0 Å². The van der Waals surface area contributed by atoms with Crippen molar-refractivity contribution in [1.82, 2.24) is 0 Å². The zero-order valence-electron chi connectivity index (χ0n) is 10.5. The van der Waals surface area contributed by atoms with Crippen LogP contribution in [0.3, 0.4) is 0 Å². The Morgan fingerprint density at radius 2 is 2.11 bits per heavy atom. The van der Waals surface area contributed by atoms with Gasteiger partial charge in [0, 0.05) is 30.0 Å². The fraction of sp³-hybridized carbons (Fsp3) is 0.500. The maximum atomic E-state index is 13.0. The summed E-state index contributed by atoms with van der Waals surface area (Å²) in [5.41, 5.74) is 5.96. The van der Waals surface area contributed by atoms with Gasteiger partial charge in [-0.15, -0.1) is 0 Å². The molecule has 0 aromatic heterocycles. The average Bonchev–Trinajstić information content (AvgIpc) is 2.68. The number of benzene rings is 1. The summed E-state index contributed by atoms with van der Waals surface area (Å²) in [6.07, 6.45) is -2.18. The number of hydrogen-bond acceptors (Lipinski definition) is 4. The lowest BCUT2D eigenvalue weighted by Gasteiger charge is -2.28. The highest BCUT2D eigenvalue weighted by molar-refractivity contribution is 7.91. The zero-order valence-corrected chi connectivity index (χ0v) is 11.3. The first-order valence-corrected chi connectivity index (χ1v) is 7.73. The molecule has 7 heteroatoms. The van der Waals surface area contributed by atoms with Gasteiger partial charge in [0.1, 0.15) is 0 Å². The monoisotopic (exact) mass is 290 g/mol. The van der Waals surface area contributed by atoms with Crippen LogP contribution >= 0.6 is 0 Å². The summed E-state index contributed by atoms with van der Waals surface area (Å²) >= 11 is 0. The molecule has 106 valence electrons. The summed E-state index contributed by atoms with van der Waals surface area (Å²) in [5, 5.41) is 0. The molecule has 0 saturated carbocycles. The standard InChI is InChI=1S/C12H16F2N2O2S/c1-16(9-4-5-19(17,18)7-9)11-3-2-8(15)6-10(11)12(13)14/h2-3,6,9,12H,4-5,7,15H2,1H3. The van der Waals surface area contributed by atoms with E-state index in [-0.39, 0.29) is 28.8 Å². The predicted molar refractivity (Wildman–Crippen MR) is 71.3 cm³/mol. The van der Waals surface area contributed by atoms with E-state index in [9.17, 15) is 17.2 Å². The molecule has 2 rings (SSSR count). The van der Waals surface area contributed by atoms with E-state index < -0.39 is 16.3 Å². The number of nitrogen functional groups attached to an aromatic ring is 1. The molecule has 0 spiro atoms. The van der Waals surface area contributed by atoms with Crippen LogP contribution in [0.15, 0.2) is 18.2 Å². The van der Waals surface area contributed by atoms with Gasteiger partial charge in [0.25, 0.3) is 6.43 Å². The number of alkyl halides is 2. The second-order valence-electron chi connectivity index (χ2n) is 4.79. The average molecular weight is 290 g/mol. The number of nitrogens with two attached hydrogens (primary N) is 1. The van der Waals surface area contributed by atoms with Crippen LogP contribution in [-0.4, -0.2) is 33.0 Å². The lowest BCUT2D eigenvalue weighted by molar-refractivity contribution is 0.152. The van der Waals surface area contributed by atoms with E-state index in [0.29, 0.717) is 12.1 Å². The number of anilines is 2. The summed E-state index contributed by atoms with van der Waals surface area (Å²) in [6.45, 7) is 0. The lowest BCUT2D eigenvalue weighted by atomic mass is 10.1. The topological polar surface area (TPSA) is 63.4 Å². The molecule has 1 saturated heterocycles. The van der Waals surface area contributed by atoms with Crippen molar-refractivity contribution in [2.75, 3.05) is 29.2 Å². The van der Waals surface area contributed by atoms with Gasteiger partial charge >= 0.3 is 0 Å². The summed E-state index contributed by atoms with van der Waals surface area (Å²) in [7, 11) is -1.40. The Labute approximate surface area is 111 Å². The Morgan fingerprint density at radius 1 is 1.42 bits per heavy atom. The number of rotatable bonds is 3. The highest BCUT2D eigenvalue weighted by atomic mass is 32.2. The van der Waals surface area contributed by atoms with Crippen molar-refractivity contribution in [3.63, 3.8) is 0 Å². The number of hydrogen-bond donors (Lipinski definition) is 1. The fourth-order valence-corrected chi connectivity index (χ4v) is 4.12. The minimum atomic E-state index is -3.04. The van der Waals surface area contributed by atoms with Gasteiger partial charge in [-0.05, 0) is 24.6 Å². The van der Waals surface area contributed by atoms with Gasteiger partial charge in [0.15, 0.2) is 9.84 Å². The predicted octanol–water partition coefficient (Wildman–Crippen LogP) is 1.83. The van der Waals surface area contributed by atoms with E-state index in [1.165, 1.54) is 12.1 Å². The maximum Gasteiger partial charge on any atom is 0.265 e. The minimum Gasteiger partial charge on any atom is -0.399 e. The molecule has 1 aromatic rings. The Hall–Kier alpha value is -1.37. The highest BCUT2D eigenvalue weighted by Gasteiger charge is 2.32. The van der Waals surface area contributed by atoms with Crippen molar-refractivity contribution < 1.29 is 17.2 Å². The maximum absolute atomic E-state index is 13.0. The molecule has 4 nitrogen and oxygen atoms in total. The molecule has 1 atom stereocenters. The van der Waals surface area contributed by atoms with Crippen molar-refractivity contribution in [1.29, 1.82) is 0 Å². The van der Waals surface area contributed by atoms with Crippen molar-refractivity contribution in [3.05, 3.63) is 23.8 Å². The van der Waals surface area contributed by atoms with E-state index >= 15 is 0 Å². The SMILES string of the molecule is CN(c1ccc(N)cc1C(F)F)C1CCS(=O)(=O)C1. The summed E-state index contributed by atoms with van der Waals surface area (Å²) in [5.74, 6) is 0.123. The second-order valence-corrected chi connectivity index (χ2v) is 7.02. The molecule has 0 amide bonds. The van der Waals surface area contributed by atoms with Crippen LogP contribution in [0.25, 0.3) is 0 Å². The van der Waals surface area contributed by atoms with E-state index in [2.05, 4.69) is 0 Å². The van der Waals surface area contributed by atoms with Crippen molar-refractivity contribution in [3.8, 4) is 0 Å². The second kappa shape index (κ2) is 4.96. The molecule has 1 aliphatic rings. The molecule has 1 fully saturated rings. The normalized spacial score (nSPS) is 21.8. The minimum absolute atomic E-state index is 0.0105.